The minimum atomic E-state index is -3.95. The molecule has 2 fully saturated rings. The Balaban J connectivity index is 1.59. The van der Waals surface area contributed by atoms with E-state index in [1.165, 1.54) is 10.4 Å². The molecule has 1 aromatic heterocycles. The van der Waals surface area contributed by atoms with E-state index in [2.05, 4.69) is 26.9 Å². The Labute approximate surface area is 199 Å². The van der Waals surface area contributed by atoms with Crippen molar-refractivity contribution >= 4 is 10.2 Å². The van der Waals surface area contributed by atoms with E-state index in [1.54, 1.807) is 19.9 Å². The number of rotatable bonds is 6. The maximum atomic E-state index is 14.9. The van der Waals surface area contributed by atoms with Crippen molar-refractivity contribution in [2.75, 3.05) is 33.2 Å². The Morgan fingerprint density at radius 1 is 1.21 bits per heavy atom. The Morgan fingerprint density at radius 2 is 1.91 bits per heavy atom. The summed E-state index contributed by atoms with van der Waals surface area (Å²) in [5.41, 5.74) is 2.12. The predicted molar refractivity (Wildman–Crippen MR) is 126 cm³/mol. The van der Waals surface area contributed by atoms with Gasteiger partial charge in [-0.1, -0.05) is 13.0 Å². The number of benzene rings is 1. The van der Waals surface area contributed by atoms with Crippen molar-refractivity contribution < 1.29 is 17.2 Å². The molecular formula is C23H34FN5O4S. The number of likely N-dealkylation sites (tertiary alicyclic amines) is 1. The fraction of sp³-hybridized carbons (Fsp3) is 0.652. The van der Waals surface area contributed by atoms with E-state index in [1.807, 2.05) is 6.92 Å². The summed E-state index contributed by atoms with van der Waals surface area (Å²) in [6.07, 6.45) is 3.83. The number of aryl methyl sites for hydroxylation is 1. The van der Waals surface area contributed by atoms with Gasteiger partial charge in [0.25, 0.3) is 10.2 Å². The normalized spacial score (nSPS) is 21.6. The number of nitrogens with one attached hydrogen (secondary N) is 2. The molecular weight excluding hydrogens is 461 g/mol. The molecule has 0 unspecified atom stereocenters. The molecule has 2 atom stereocenters. The summed E-state index contributed by atoms with van der Waals surface area (Å²) in [7, 11) is -1.84. The Bertz CT molecular complexity index is 1190. The Morgan fingerprint density at radius 3 is 2.53 bits per heavy atom. The molecule has 0 bridgehead atoms. The highest BCUT2D eigenvalue weighted by Gasteiger charge is 2.42. The molecule has 2 aliphatic rings. The van der Waals surface area contributed by atoms with Crippen LogP contribution in [0, 0.1) is 25.1 Å². The number of nitrogens with zero attached hydrogens (tertiary/aromatic N) is 3. The second-order valence-electron chi connectivity index (χ2n) is 9.98. The highest BCUT2D eigenvalue weighted by atomic mass is 32.2. The number of halogens is 1. The molecule has 0 amide bonds. The molecule has 0 radical (unpaired) electrons. The molecule has 3 heterocycles. The standard InChI is InChI=1S/C23H34FN5O4S/c1-15-6-7-18(24)19(16(15)2)17(3)20(21-25-26-22(30)33-21)27-34(31,32)29-12-9-23(10-13-29)8-5-11-28(4)14-23/h6-7,17,20,27H,5,8-14H2,1-4H3,(H,26,30)/t17-,20+/m1/s1. The fourth-order valence-electron chi connectivity index (χ4n) is 5.57. The number of hydrogen-bond donors (Lipinski definition) is 2. The minimum Gasteiger partial charge on any atom is -0.391 e. The van der Waals surface area contributed by atoms with E-state index in [9.17, 15) is 17.6 Å². The molecule has 2 N–H and O–H groups in total. The second kappa shape index (κ2) is 9.52. The maximum Gasteiger partial charge on any atom is 0.434 e. The van der Waals surface area contributed by atoms with Crippen molar-refractivity contribution in [3.05, 3.63) is 51.1 Å². The fourth-order valence-corrected chi connectivity index (χ4v) is 7.01. The third kappa shape index (κ3) is 4.98. The van der Waals surface area contributed by atoms with Gasteiger partial charge in [-0.2, -0.15) is 17.4 Å². The van der Waals surface area contributed by atoms with Gasteiger partial charge < -0.3 is 9.32 Å². The summed E-state index contributed by atoms with van der Waals surface area (Å²) >= 11 is 0. The van der Waals surface area contributed by atoms with Crippen LogP contribution in [0.3, 0.4) is 0 Å². The summed E-state index contributed by atoms with van der Waals surface area (Å²) in [4.78, 5) is 14.0. The third-order valence-corrected chi connectivity index (χ3v) is 9.26. The number of aromatic amines is 1. The SMILES string of the molecule is Cc1ccc(F)c([C@@H](C)[C@H](NS(=O)(=O)N2CCC3(CCCN(C)C3)CC2)c2n[nH]c(=O)o2)c1C. The van der Waals surface area contributed by atoms with Crippen LogP contribution in [0.5, 0.6) is 0 Å². The first kappa shape index (κ1) is 25.0. The quantitative estimate of drug-likeness (QED) is 0.637. The molecule has 9 nitrogen and oxygen atoms in total. The zero-order valence-electron chi connectivity index (χ0n) is 20.2. The molecule has 4 rings (SSSR count). The molecule has 2 aromatic rings. The van der Waals surface area contributed by atoms with Gasteiger partial charge in [0, 0.05) is 25.6 Å². The lowest BCUT2D eigenvalue weighted by Gasteiger charge is -2.46. The second-order valence-corrected chi connectivity index (χ2v) is 11.7. The van der Waals surface area contributed by atoms with E-state index in [0.29, 0.717) is 18.7 Å². The van der Waals surface area contributed by atoms with Gasteiger partial charge in [-0.05, 0) is 81.3 Å². The van der Waals surface area contributed by atoms with E-state index in [0.717, 1.165) is 49.9 Å². The van der Waals surface area contributed by atoms with Crippen LogP contribution in [0.15, 0.2) is 21.3 Å². The van der Waals surface area contributed by atoms with Crippen LogP contribution in [0.25, 0.3) is 0 Å². The van der Waals surface area contributed by atoms with Crippen molar-refractivity contribution in [3.63, 3.8) is 0 Å². The van der Waals surface area contributed by atoms with E-state index < -0.39 is 33.7 Å². The summed E-state index contributed by atoms with van der Waals surface area (Å²) in [6.45, 7) is 8.24. The maximum absolute atomic E-state index is 14.9. The van der Waals surface area contributed by atoms with Gasteiger partial charge in [-0.25, -0.2) is 14.3 Å². The summed E-state index contributed by atoms with van der Waals surface area (Å²) in [5.74, 6) is -2.04. The van der Waals surface area contributed by atoms with Crippen LogP contribution in [0.4, 0.5) is 4.39 Å². The highest BCUT2D eigenvalue weighted by molar-refractivity contribution is 7.87. The van der Waals surface area contributed by atoms with Crippen molar-refractivity contribution in [1.29, 1.82) is 0 Å². The molecule has 2 saturated heterocycles. The third-order valence-electron chi connectivity index (χ3n) is 7.66. The number of piperidine rings is 2. The van der Waals surface area contributed by atoms with Gasteiger partial charge >= 0.3 is 5.76 Å². The monoisotopic (exact) mass is 495 g/mol. The van der Waals surface area contributed by atoms with Gasteiger partial charge in [-0.3, -0.25) is 0 Å². The molecule has 11 heteroatoms. The van der Waals surface area contributed by atoms with E-state index in [4.69, 9.17) is 4.42 Å². The molecule has 0 aliphatic carbocycles. The average Bonchev–Trinajstić information content (AvgIpc) is 3.21. The first-order chi connectivity index (χ1) is 16.0. The lowest BCUT2D eigenvalue weighted by Crippen LogP contribution is -2.52. The van der Waals surface area contributed by atoms with Gasteiger partial charge in [0.2, 0.25) is 5.89 Å². The number of hydrogen-bond acceptors (Lipinski definition) is 6. The van der Waals surface area contributed by atoms with Crippen LogP contribution in [0.1, 0.15) is 67.1 Å². The van der Waals surface area contributed by atoms with Crippen LogP contribution in [-0.2, 0) is 10.2 Å². The molecule has 1 spiro atoms. The zero-order valence-corrected chi connectivity index (χ0v) is 21.0. The lowest BCUT2D eigenvalue weighted by atomic mass is 9.73. The van der Waals surface area contributed by atoms with Crippen molar-refractivity contribution in [2.24, 2.45) is 5.41 Å². The first-order valence-electron chi connectivity index (χ1n) is 11.8. The van der Waals surface area contributed by atoms with Gasteiger partial charge in [0.15, 0.2) is 0 Å². The van der Waals surface area contributed by atoms with Gasteiger partial charge in [0.1, 0.15) is 11.9 Å². The summed E-state index contributed by atoms with van der Waals surface area (Å²) < 4.78 is 51.0. The molecule has 1 aromatic carbocycles. The lowest BCUT2D eigenvalue weighted by molar-refractivity contribution is 0.0561. The van der Waals surface area contributed by atoms with Crippen molar-refractivity contribution in [3.8, 4) is 0 Å². The van der Waals surface area contributed by atoms with Crippen LogP contribution in [0.2, 0.25) is 0 Å². The van der Waals surface area contributed by atoms with Crippen LogP contribution >= 0.6 is 0 Å². The van der Waals surface area contributed by atoms with Crippen molar-refractivity contribution in [1.82, 2.24) is 24.1 Å². The van der Waals surface area contributed by atoms with Crippen LogP contribution < -0.4 is 10.5 Å². The Hall–Kier alpha value is -2.08. The number of aromatic nitrogens is 2. The molecule has 188 valence electrons. The molecule has 0 saturated carbocycles. The first-order valence-corrected chi connectivity index (χ1v) is 13.2. The average molecular weight is 496 g/mol. The number of H-pyrrole nitrogens is 1. The van der Waals surface area contributed by atoms with E-state index in [-0.39, 0.29) is 11.3 Å². The van der Waals surface area contributed by atoms with Gasteiger partial charge in [-0.15, -0.1) is 5.10 Å². The predicted octanol–water partition coefficient (Wildman–Crippen LogP) is 2.61. The summed E-state index contributed by atoms with van der Waals surface area (Å²) in [5, 5.41) is 6.06. The van der Waals surface area contributed by atoms with Gasteiger partial charge in [0.05, 0.1) is 0 Å². The largest absolute Gasteiger partial charge is 0.434 e. The molecule has 34 heavy (non-hydrogen) atoms. The Kier molecular flexibility index (Phi) is 7.01. The molecule has 2 aliphatic heterocycles. The topological polar surface area (TPSA) is 112 Å². The zero-order chi connectivity index (χ0) is 24.7. The van der Waals surface area contributed by atoms with Crippen molar-refractivity contribution in [2.45, 2.75) is 58.4 Å². The smallest absolute Gasteiger partial charge is 0.391 e. The van der Waals surface area contributed by atoms with E-state index >= 15 is 0 Å². The minimum absolute atomic E-state index is 0.122. The summed E-state index contributed by atoms with van der Waals surface area (Å²) in [6, 6.07) is 1.99. The highest BCUT2D eigenvalue weighted by Crippen LogP contribution is 2.40. The van der Waals surface area contributed by atoms with Crippen LogP contribution in [-0.4, -0.2) is 61.0 Å².